The van der Waals surface area contributed by atoms with Crippen LogP contribution in [0.1, 0.15) is 40.5 Å². The third-order valence-electron chi connectivity index (χ3n) is 0.839. The first-order chi connectivity index (χ1) is 4.95. The van der Waals surface area contributed by atoms with E-state index in [9.17, 15) is 4.79 Å². The Hall–Kier alpha value is -0.570. The zero-order valence-corrected chi connectivity index (χ0v) is 7.64. The van der Waals surface area contributed by atoms with Gasteiger partial charge in [-0.15, -0.1) is 0 Å². The molecule has 0 aliphatic rings. The van der Waals surface area contributed by atoms with Crippen molar-refractivity contribution in [2.75, 3.05) is 0 Å². The molecule has 3 nitrogen and oxygen atoms in total. The van der Waals surface area contributed by atoms with Crippen LogP contribution in [0.2, 0.25) is 0 Å². The maximum absolute atomic E-state index is 10.7. The standard InChI is InChI=1S/C8H16O3/c1-5-6-7(9)10-11-8(2,3)4/h5-6H2,1-4H3. The Labute approximate surface area is 67.6 Å². The Morgan fingerprint density at radius 1 is 1.36 bits per heavy atom. The molecule has 0 aromatic carbocycles. The Kier molecular flexibility index (Phi) is 4.11. The molecule has 0 bridgehead atoms. The van der Waals surface area contributed by atoms with Crippen LogP contribution in [0.4, 0.5) is 0 Å². The van der Waals surface area contributed by atoms with Gasteiger partial charge in [-0.1, -0.05) is 6.92 Å². The fourth-order valence-electron chi connectivity index (χ4n) is 0.417. The minimum absolute atomic E-state index is 0.303. The van der Waals surface area contributed by atoms with Crippen molar-refractivity contribution in [3.63, 3.8) is 0 Å². The van der Waals surface area contributed by atoms with Gasteiger partial charge < -0.3 is 0 Å². The normalized spacial score (nSPS) is 11.3. The SMILES string of the molecule is CCCC(=O)OOC(C)(C)C. The fraction of sp³-hybridized carbons (Fsp3) is 0.875. The molecule has 0 aromatic heterocycles. The van der Waals surface area contributed by atoms with Crippen LogP contribution in [0.25, 0.3) is 0 Å². The molecule has 0 fully saturated rings. The molecular formula is C8H16O3. The van der Waals surface area contributed by atoms with Gasteiger partial charge in [0.25, 0.3) is 0 Å². The highest BCUT2D eigenvalue weighted by molar-refractivity contribution is 5.68. The molecule has 0 rings (SSSR count). The summed E-state index contributed by atoms with van der Waals surface area (Å²) >= 11 is 0. The van der Waals surface area contributed by atoms with E-state index < -0.39 is 5.60 Å². The number of hydrogen-bond acceptors (Lipinski definition) is 3. The molecule has 0 aliphatic carbocycles. The Morgan fingerprint density at radius 2 is 1.91 bits per heavy atom. The van der Waals surface area contributed by atoms with E-state index in [-0.39, 0.29) is 5.97 Å². The van der Waals surface area contributed by atoms with E-state index in [0.29, 0.717) is 6.42 Å². The summed E-state index contributed by atoms with van der Waals surface area (Å²) < 4.78 is 0. The molecule has 0 aromatic rings. The topological polar surface area (TPSA) is 35.5 Å². The van der Waals surface area contributed by atoms with Crippen molar-refractivity contribution in [1.82, 2.24) is 0 Å². The van der Waals surface area contributed by atoms with Crippen LogP contribution in [0.3, 0.4) is 0 Å². The second-order valence-corrected chi connectivity index (χ2v) is 3.40. The van der Waals surface area contributed by atoms with Crippen LogP contribution in [-0.4, -0.2) is 11.6 Å². The van der Waals surface area contributed by atoms with Crippen LogP contribution >= 0.6 is 0 Å². The maximum atomic E-state index is 10.7. The summed E-state index contributed by atoms with van der Waals surface area (Å²) in [7, 11) is 0. The van der Waals surface area contributed by atoms with Crippen molar-refractivity contribution in [3.8, 4) is 0 Å². The minimum atomic E-state index is -0.413. The van der Waals surface area contributed by atoms with E-state index in [0.717, 1.165) is 6.42 Å². The lowest BCUT2D eigenvalue weighted by atomic mass is 10.2. The number of carbonyl (C=O) groups excluding carboxylic acids is 1. The van der Waals surface area contributed by atoms with E-state index >= 15 is 0 Å². The lowest BCUT2D eigenvalue weighted by Gasteiger charge is -2.16. The van der Waals surface area contributed by atoms with Crippen molar-refractivity contribution in [1.29, 1.82) is 0 Å². The van der Waals surface area contributed by atoms with Crippen LogP contribution in [0.15, 0.2) is 0 Å². The minimum Gasteiger partial charge on any atom is -0.298 e. The highest BCUT2D eigenvalue weighted by atomic mass is 17.2. The molecule has 0 spiro atoms. The van der Waals surface area contributed by atoms with Gasteiger partial charge in [0.1, 0.15) is 5.60 Å². The highest BCUT2D eigenvalue weighted by Gasteiger charge is 2.14. The van der Waals surface area contributed by atoms with Crippen molar-refractivity contribution in [2.24, 2.45) is 0 Å². The van der Waals surface area contributed by atoms with Gasteiger partial charge >= 0.3 is 5.97 Å². The summed E-state index contributed by atoms with van der Waals surface area (Å²) in [6.45, 7) is 7.39. The number of rotatable bonds is 3. The lowest BCUT2D eigenvalue weighted by Crippen LogP contribution is -2.21. The zero-order valence-electron chi connectivity index (χ0n) is 7.64. The van der Waals surface area contributed by atoms with Crippen LogP contribution in [-0.2, 0) is 14.6 Å². The van der Waals surface area contributed by atoms with Gasteiger partial charge in [0.15, 0.2) is 0 Å². The average molecular weight is 160 g/mol. The van der Waals surface area contributed by atoms with Gasteiger partial charge in [-0.25, -0.2) is 4.79 Å². The third-order valence-corrected chi connectivity index (χ3v) is 0.839. The van der Waals surface area contributed by atoms with E-state index in [1.807, 2.05) is 27.7 Å². The molecule has 3 heteroatoms. The summed E-state index contributed by atoms with van der Waals surface area (Å²) in [6, 6.07) is 0. The molecule has 11 heavy (non-hydrogen) atoms. The monoisotopic (exact) mass is 160 g/mol. The lowest BCUT2D eigenvalue weighted by molar-refractivity contribution is -0.320. The van der Waals surface area contributed by atoms with E-state index in [2.05, 4.69) is 4.89 Å². The highest BCUT2D eigenvalue weighted by Crippen LogP contribution is 2.07. The summed E-state index contributed by atoms with van der Waals surface area (Å²) in [5.74, 6) is -0.303. The summed E-state index contributed by atoms with van der Waals surface area (Å²) in [6.07, 6.45) is 1.20. The second kappa shape index (κ2) is 4.34. The van der Waals surface area contributed by atoms with Crippen molar-refractivity contribution < 1.29 is 14.6 Å². The first-order valence-corrected chi connectivity index (χ1v) is 3.84. The fourth-order valence-corrected chi connectivity index (χ4v) is 0.417. The molecule has 0 N–H and O–H groups in total. The van der Waals surface area contributed by atoms with Gasteiger partial charge in [0, 0.05) is 6.42 Å². The molecule has 0 amide bonds. The predicted octanol–water partition coefficient (Wildman–Crippen LogP) is 2.06. The second-order valence-electron chi connectivity index (χ2n) is 3.40. The summed E-state index contributed by atoms with van der Waals surface area (Å²) in [5.41, 5.74) is -0.413. The maximum Gasteiger partial charge on any atom is 0.342 e. The van der Waals surface area contributed by atoms with Crippen molar-refractivity contribution in [2.45, 2.75) is 46.1 Å². The molecule has 66 valence electrons. The largest absolute Gasteiger partial charge is 0.342 e. The van der Waals surface area contributed by atoms with E-state index in [1.165, 1.54) is 0 Å². The van der Waals surface area contributed by atoms with Crippen molar-refractivity contribution >= 4 is 5.97 Å². The predicted molar refractivity (Wildman–Crippen MR) is 41.8 cm³/mol. The molecule has 0 heterocycles. The Balaban J connectivity index is 3.46. The van der Waals surface area contributed by atoms with Gasteiger partial charge in [0.2, 0.25) is 0 Å². The van der Waals surface area contributed by atoms with Crippen LogP contribution < -0.4 is 0 Å². The molecular weight excluding hydrogens is 144 g/mol. The Bertz CT molecular complexity index is 124. The quantitative estimate of drug-likeness (QED) is 0.468. The Morgan fingerprint density at radius 3 is 2.27 bits per heavy atom. The number of carbonyl (C=O) groups is 1. The molecule has 0 radical (unpaired) electrons. The van der Waals surface area contributed by atoms with Gasteiger partial charge in [-0.2, -0.15) is 4.89 Å². The molecule has 0 unspecified atom stereocenters. The summed E-state index contributed by atoms with van der Waals surface area (Å²) in [5, 5.41) is 0. The third kappa shape index (κ3) is 7.33. The first kappa shape index (κ1) is 10.4. The number of hydrogen-bond donors (Lipinski definition) is 0. The molecule has 0 saturated heterocycles. The van der Waals surface area contributed by atoms with Crippen LogP contribution in [0, 0.1) is 0 Å². The van der Waals surface area contributed by atoms with Crippen LogP contribution in [0.5, 0.6) is 0 Å². The van der Waals surface area contributed by atoms with Gasteiger partial charge in [-0.05, 0) is 27.2 Å². The van der Waals surface area contributed by atoms with Gasteiger partial charge in [-0.3, -0.25) is 4.89 Å². The zero-order chi connectivity index (χ0) is 8.91. The van der Waals surface area contributed by atoms with E-state index in [1.54, 1.807) is 0 Å². The summed E-state index contributed by atoms with van der Waals surface area (Å²) in [4.78, 5) is 20.0. The van der Waals surface area contributed by atoms with Gasteiger partial charge in [0.05, 0.1) is 0 Å². The van der Waals surface area contributed by atoms with E-state index in [4.69, 9.17) is 4.89 Å². The smallest absolute Gasteiger partial charge is 0.298 e. The van der Waals surface area contributed by atoms with Crippen molar-refractivity contribution in [3.05, 3.63) is 0 Å². The molecule has 0 saturated carbocycles. The first-order valence-electron chi connectivity index (χ1n) is 3.84. The molecule has 0 atom stereocenters. The molecule has 0 aliphatic heterocycles. The average Bonchev–Trinajstić information content (AvgIpc) is 1.83.